The van der Waals surface area contributed by atoms with Gasteiger partial charge in [-0.05, 0) is 65.8 Å². The van der Waals surface area contributed by atoms with Crippen LogP contribution in [0.1, 0.15) is 41.5 Å². The Kier molecular flexibility index (Phi) is 6.14. The predicted octanol–water partition coefficient (Wildman–Crippen LogP) is 6.82. The van der Waals surface area contributed by atoms with Crippen LogP contribution in [0.3, 0.4) is 0 Å². The van der Waals surface area contributed by atoms with E-state index in [1.807, 2.05) is 41.5 Å². The van der Waals surface area contributed by atoms with Gasteiger partial charge in [0.25, 0.3) is 0 Å². The SMILES string of the molecule is CC(C)(C)[P+]([CH-]Cl)(c1ccc(OC(F)(F)C(F)(F)F)cc1)C(C)(C)C. The Balaban J connectivity index is 3.32. The third-order valence-electron chi connectivity index (χ3n) is 4.08. The lowest BCUT2D eigenvalue weighted by Gasteiger charge is -2.52. The second-order valence-electron chi connectivity index (χ2n) is 7.77. The minimum Gasteiger partial charge on any atom is -0.426 e. The van der Waals surface area contributed by atoms with Crippen LogP contribution in [0.4, 0.5) is 22.0 Å². The fraction of sp³-hybridized carbons (Fsp3) is 0.588. The van der Waals surface area contributed by atoms with E-state index in [-0.39, 0.29) is 10.3 Å². The van der Waals surface area contributed by atoms with Gasteiger partial charge in [0.05, 0.1) is 15.6 Å². The zero-order chi connectivity index (χ0) is 19.9. The number of alkyl halides is 5. The van der Waals surface area contributed by atoms with Crippen molar-refractivity contribution in [3.8, 4) is 5.75 Å². The summed E-state index contributed by atoms with van der Waals surface area (Å²) in [6.45, 7) is 12.2. The highest BCUT2D eigenvalue weighted by Gasteiger charge is 2.61. The average Bonchev–Trinajstić information content (AvgIpc) is 2.37. The quantitative estimate of drug-likeness (QED) is 0.304. The highest BCUT2D eigenvalue weighted by Crippen LogP contribution is 2.78. The normalized spacial score (nSPS) is 14.6. The summed E-state index contributed by atoms with van der Waals surface area (Å²) in [4.78, 5) is 0. The van der Waals surface area contributed by atoms with Crippen molar-refractivity contribution < 1.29 is 26.7 Å². The number of hydrogen-bond acceptors (Lipinski definition) is 1. The Morgan fingerprint density at radius 2 is 1.24 bits per heavy atom. The van der Waals surface area contributed by atoms with Crippen molar-refractivity contribution in [3.63, 3.8) is 0 Å². The van der Waals surface area contributed by atoms with Gasteiger partial charge in [-0.25, -0.2) is 0 Å². The van der Waals surface area contributed by atoms with E-state index in [1.165, 1.54) is 12.1 Å². The van der Waals surface area contributed by atoms with Crippen LogP contribution in [-0.2, 0) is 0 Å². The molecule has 0 aliphatic heterocycles. The zero-order valence-corrected chi connectivity index (χ0v) is 16.7. The molecule has 0 spiro atoms. The van der Waals surface area contributed by atoms with Gasteiger partial charge in [0, 0.05) is 0 Å². The number of ether oxygens (including phenoxy) is 1. The van der Waals surface area contributed by atoms with Crippen molar-refractivity contribution in [2.75, 3.05) is 0 Å². The van der Waals surface area contributed by atoms with Crippen molar-refractivity contribution in [1.82, 2.24) is 0 Å². The molecule has 0 saturated carbocycles. The van der Waals surface area contributed by atoms with Gasteiger partial charge < -0.3 is 16.3 Å². The lowest BCUT2D eigenvalue weighted by molar-refractivity contribution is -0.360. The smallest absolute Gasteiger partial charge is 0.426 e. The number of benzene rings is 1. The minimum absolute atomic E-state index is 0.231. The van der Waals surface area contributed by atoms with E-state index >= 15 is 0 Å². The first-order chi connectivity index (χ1) is 11.0. The standard InChI is InChI=1S/C17H23ClF5OP/c1-14(2,3)25(11-18,15(4,5)6)13-9-7-12(8-10-13)24-17(22,23)16(19,20)21/h7-11H,1-6H3. The highest BCUT2D eigenvalue weighted by atomic mass is 35.5. The van der Waals surface area contributed by atoms with E-state index in [9.17, 15) is 22.0 Å². The summed E-state index contributed by atoms with van der Waals surface area (Å²) in [5.74, 6) is -0.554. The van der Waals surface area contributed by atoms with Gasteiger partial charge in [-0.15, -0.1) is 0 Å². The molecule has 0 amide bonds. The molecule has 1 nitrogen and oxygen atoms in total. The Labute approximate surface area is 151 Å². The Hall–Kier alpha value is -0.610. The van der Waals surface area contributed by atoms with Crippen LogP contribution in [-0.4, -0.2) is 22.6 Å². The first-order valence-electron chi connectivity index (χ1n) is 7.57. The lowest BCUT2D eigenvalue weighted by Crippen LogP contribution is -2.42. The molecule has 0 aliphatic carbocycles. The monoisotopic (exact) mass is 404 g/mol. The van der Waals surface area contributed by atoms with Gasteiger partial charge in [-0.1, -0.05) is 12.9 Å². The van der Waals surface area contributed by atoms with Gasteiger partial charge >= 0.3 is 12.3 Å². The Morgan fingerprint density at radius 1 is 0.840 bits per heavy atom. The van der Waals surface area contributed by atoms with Crippen LogP contribution in [0, 0.1) is 5.62 Å². The largest absolute Gasteiger partial charge is 0.499 e. The molecule has 0 aromatic heterocycles. The molecule has 25 heavy (non-hydrogen) atoms. The van der Waals surface area contributed by atoms with Crippen molar-refractivity contribution >= 4 is 24.2 Å². The van der Waals surface area contributed by atoms with Crippen molar-refractivity contribution in [3.05, 3.63) is 29.9 Å². The maximum atomic E-state index is 13.0. The fourth-order valence-corrected chi connectivity index (χ4v) is 10.1. The maximum absolute atomic E-state index is 13.0. The molecule has 0 saturated heterocycles. The van der Waals surface area contributed by atoms with Crippen LogP contribution in [0.25, 0.3) is 0 Å². The number of halogens is 6. The van der Waals surface area contributed by atoms with E-state index in [1.54, 1.807) is 5.62 Å². The third kappa shape index (κ3) is 4.21. The summed E-state index contributed by atoms with van der Waals surface area (Å²) in [5, 5.41) is 0.349. The molecule has 0 radical (unpaired) electrons. The molecule has 0 heterocycles. The Bertz CT molecular complexity index is 571. The molecular formula is C17H23ClF5OP. The van der Waals surface area contributed by atoms with E-state index in [2.05, 4.69) is 4.74 Å². The molecular weight excluding hydrogens is 382 g/mol. The maximum Gasteiger partial charge on any atom is 0.499 e. The van der Waals surface area contributed by atoms with Crippen molar-refractivity contribution in [2.45, 2.75) is 64.1 Å². The number of hydrogen-bond donors (Lipinski definition) is 0. The fourth-order valence-electron chi connectivity index (χ4n) is 3.09. The summed E-state index contributed by atoms with van der Waals surface area (Å²) in [6.07, 6.45) is -11.0. The van der Waals surface area contributed by atoms with Gasteiger partial charge in [0.1, 0.15) is 5.75 Å². The van der Waals surface area contributed by atoms with Crippen LogP contribution < -0.4 is 10.0 Å². The molecule has 0 aliphatic rings. The second-order valence-corrected chi connectivity index (χ2v) is 13.2. The molecule has 0 N–H and O–H groups in total. The van der Waals surface area contributed by atoms with Crippen LogP contribution in [0.5, 0.6) is 5.75 Å². The molecule has 0 fully saturated rings. The molecule has 0 unspecified atom stereocenters. The van der Waals surface area contributed by atoms with Crippen LogP contribution in [0.15, 0.2) is 24.3 Å². The van der Waals surface area contributed by atoms with Crippen LogP contribution >= 0.6 is 18.9 Å². The van der Waals surface area contributed by atoms with E-state index < -0.39 is 25.3 Å². The molecule has 0 bridgehead atoms. The average molecular weight is 405 g/mol. The lowest BCUT2D eigenvalue weighted by atomic mass is 10.2. The topological polar surface area (TPSA) is 9.23 Å². The summed E-state index contributed by atoms with van der Waals surface area (Å²) in [5.41, 5.74) is 1.65. The summed E-state index contributed by atoms with van der Waals surface area (Å²) in [6, 6.07) is 5.29. The van der Waals surface area contributed by atoms with E-state index in [0.717, 1.165) is 17.4 Å². The van der Waals surface area contributed by atoms with E-state index in [4.69, 9.17) is 11.6 Å². The Morgan fingerprint density at radius 3 is 1.52 bits per heavy atom. The van der Waals surface area contributed by atoms with Gasteiger partial charge in [-0.3, -0.25) is 0 Å². The molecule has 8 heteroatoms. The van der Waals surface area contributed by atoms with Crippen LogP contribution in [0.2, 0.25) is 0 Å². The first kappa shape index (κ1) is 22.4. The second kappa shape index (κ2) is 6.84. The van der Waals surface area contributed by atoms with E-state index in [0.29, 0.717) is 0 Å². The predicted molar refractivity (Wildman–Crippen MR) is 94.3 cm³/mol. The first-order valence-corrected chi connectivity index (χ1v) is 9.87. The van der Waals surface area contributed by atoms with Crippen molar-refractivity contribution in [2.24, 2.45) is 0 Å². The highest BCUT2D eigenvalue weighted by molar-refractivity contribution is 7.88. The minimum atomic E-state index is -5.77. The summed E-state index contributed by atoms with van der Waals surface area (Å²) >= 11 is 6.26. The van der Waals surface area contributed by atoms with Gasteiger partial charge in [0.15, 0.2) is 0 Å². The molecule has 1 rings (SSSR count). The number of rotatable bonds is 4. The van der Waals surface area contributed by atoms with Crippen molar-refractivity contribution in [1.29, 1.82) is 0 Å². The molecule has 0 atom stereocenters. The summed E-state index contributed by atoms with van der Waals surface area (Å²) < 4.78 is 66.7. The van der Waals surface area contributed by atoms with Gasteiger partial charge in [-0.2, -0.15) is 22.0 Å². The summed E-state index contributed by atoms with van der Waals surface area (Å²) in [7, 11) is -2.13. The molecule has 144 valence electrons. The molecule has 1 aromatic carbocycles. The zero-order valence-electron chi connectivity index (χ0n) is 15.0. The molecule has 1 aromatic rings. The third-order valence-corrected chi connectivity index (χ3v) is 10.6. The van der Waals surface area contributed by atoms with Gasteiger partial charge in [0.2, 0.25) is 0 Å².